The first-order valence-electron chi connectivity index (χ1n) is 8.74. The lowest BCUT2D eigenvalue weighted by molar-refractivity contribution is -0.131. The van der Waals surface area contributed by atoms with Gasteiger partial charge in [-0.25, -0.2) is 4.79 Å². The summed E-state index contributed by atoms with van der Waals surface area (Å²) in [7, 11) is 0. The number of aliphatic carboxylic acids is 1. The first-order valence-corrected chi connectivity index (χ1v) is 8.74. The van der Waals surface area contributed by atoms with Gasteiger partial charge in [0.05, 0.1) is 6.10 Å². The fraction of sp³-hybridized carbons (Fsp3) is 0.833. The third kappa shape index (κ3) is 17.1. The number of rotatable bonds is 15. The summed E-state index contributed by atoms with van der Waals surface area (Å²) < 4.78 is 0. The molecule has 0 fully saturated rings. The van der Waals surface area contributed by atoms with Crippen molar-refractivity contribution in [3.05, 3.63) is 12.2 Å². The average molecular weight is 298 g/mol. The van der Waals surface area contributed by atoms with E-state index in [1.54, 1.807) is 6.08 Å². The largest absolute Gasteiger partial charge is 0.478 e. The van der Waals surface area contributed by atoms with Gasteiger partial charge in [0.2, 0.25) is 0 Å². The molecule has 1 atom stereocenters. The second-order valence-corrected chi connectivity index (χ2v) is 5.94. The number of carboxylic acid groups (broad SMARTS) is 1. The molecule has 0 bridgehead atoms. The van der Waals surface area contributed by atoms with Crippen molar-refractivity contribution >= 4 is 5.97 Å². The van der Waals surface area contributed by atoms with Gasteiger partial charge in [-0.3, -0.25) is 0 Å². The molecule has 0 saturated carbocycles. The first kappa shape index (κ1) is 20.2. The maximum absolute atomic E-state index is 10.3. The van der Waals surface area contributed by atoms with Gasteiger partial charge >= 0.3 is 5.97 Å². The van der Waals surface area contributed by atoms with Gasteiger partial charge in [-0.05, 0) is 25.7 Å². The minimum absolute atomic E-state index is 0.122. The number of unbranched alkanes of at least 4 members (excludes halogenated alkanes) is 9. The minimum Gasteiger partial charge on any atom is -0.478 e. The molecule has 2 N–H and O–H groups in total. The predicted octanol–water partition coefficient (Wildman–Crippen LogP) is 5.08. The van der Waals surface area contributed by atoms with Gasteiger partial charge in [0.25, 0.3) is 0 Å². The summed E-state index contributed by atoms with van der Waals surface area (Å²) in [5.41, 5.74) is 0. The molecule has 124 valence electrons. The van der Waals surface area contributed by atoms with Crippen LogP contribution in [0.2, 0.25) is 0 Å². The van der Waals surface area contributed by atoms with Crippen molar-refractivity contribution < 1.29 is 15.0 Å². The maximum Gasteiger partial charge on any atom is 0.327 e. The number of carbonyl (C=O) groups is 1. The number of carboxylic acids is 1. The van der Waals surface area contributed by atoms with Crippen LogP contribution in [0.3, 0.4) is 0 Å². The summed E-state index contributed by atoms with van der Waals surface area (Å²) >= 11 is 0. The van der Waals surface area contributed by atoms with Crippen LogP contribution in [0.1, 0.15) is 90.4 Å². The van der Waals surface area contributed by atoms with E-state index in [4.69, 9.17) is 5.11 Å². The van der Waals surface area contributed by atoms with Crippen LogP contribution in [0, 0.1) is 0 Å². The molecule has 21 heavy (non-hydrogen) atoms. The Labute approximate surface area is 130 Å². The highest BCUT2D eigenvalue weighted by Gasteiger charge is 2.03. The Bertz CT molecular complexity index is 261. The van der Waals surface area contributed by atoms with Crippen molar-refractivity contribution in [3.8, 4) is 0 Å². The molecule has 0 aromatic heterocycles. The minimum atomic E-state index is -0.868. The van der Waals surface area contributed by atoms with Crippen molar-refractivity contribution in [2.45, 2.75) is 96.5 Å². The molecule has 1 unspecified atom stereocenters. The van der Waals surface area contributed by atoms with E-state index in [0.29, 0.717) is 0 Å². The molecule has 0 amide bonds. The summed E-state index contributed by atoms with van der Waals surface area (Å²) in [5, 5.41) is 18.3. The summed E-state index contributed by atoms with van der Waals surface area (Å²) in [6.45, 7) is 2.23. The molecule has 0 aromatic rings. The van der Waals surface area contributed by atoms with Crippen molar-refractivity contribution in [2.75, 3.05) is 0 Å². The number of allylic oxidation sites excluding steroid dienone is 1. The summed E-state index contributed by atoms with van der Waals surface area (Å²) in [6, 6.07) is 0. The summed E-state index contributed by atoms with van der Waals surface area (Å²) in [4.78, 5) is 10.3. The molecule has 0 aromatic carbocycles. The lowest BCUT2D eigenvalue weighted by Gasteiger charge is -2.10. The van der Waals surface area contributed by atoms with E-state index >= 15 is 0 Å². The molecule has 0 aliphatic carbocycles. The lowest BCUT2D eigenvalue weighted by atomic mass is 10.0. The van der Waals surface area contributed by atoms with Gasteiger partial charge < -0.3 is 10.2 Å². The Hall–Kier alpha value is -0.830. The van der Waals surface area contributed by atoms with Gasteiger partial charge in [-0.2, -0.15) is 0 Å². The zero-order valence-electron chi connectivity index (χ0n) is 13.7. The molecular weight excluding hydrogens is 264 g/mol. The first-order chi connectivity index (χ1) is 10.2. The van der Waals surface area contributed by atoms with Crippen LogP contribution in [-0.4, -0.2) is 22.3 Å². The van der Waals surface area contributed by atoms with Crippen LogP contribution in [0.5, 0.6) is 0 Å². The number of hydrogen-bond donors (Lipinski definition) is 2. The fourth-order valence-corrected chi connectivity index (χ4v) is 2.48. The van der Waals surface area contributed by atoms with Crippen LogP contribution in [0.15, 0.2) is 12.2 Å². The van der Waals surface area contributed by atoms with Crippen molar-refractivity contribution in [1.82, 2.24) is 0 Å². The van der Waals surface area contributed by atoms with Gasteiger partial charge in [0.1, 0.15) is 0 Å². The Morgan fingerprint density at radius 1 is 0.905 bits per heavy atom. The zero-order chi connectivity index (χ0) is 15.8. The number of aliphatic hydroxyl groups is 1. The molecule has 3 heteroatoms. The normalized spacial score (nSPS) is 12.9. The van der Waals surface area contributed by atoms with Gasteiger partial charge in [-0.1, -0.05) is 70.8 Å². The topological polar surface area (TPSA) is 57.5 Å². The zero-order valence-corrected chi connectivity index (χ0v) is 13.7. The van der Waals surface area contributed by atoms with E-state index in [1.165, 1.54) is 38.2 Å². The second kappa shape index (κ2) is 15.6. The van der Waals surface area contributed by atoms with E-state index in [9.17, 15) is 9.90 Å². The summed E-state index contributed by atoms with van der Waals surface area (Å²) in [5.74, 6) is -0.868. The molecule has 0 aliphatic heterocycles. The highest BCUT2D eigenvalue weighted by molar-refractivity contribution is 5.79. The predicted molar refractivity (Wildman–Crippen MR) is 88.5 cm³/mol. The SMILES string of the molecule is CCCCCCCCC(O)CCCCCCC=CC(=O)O. The Balaban J connectivity index is 3.22. The van der Waals surface area contributed by atoms with E-state index in [1.807, 2.05) is 0 Å². The number of hydrogen-bond acceptors (Lipinski definition) is 2. The molecule has 0 aliphatic rings. The lowest BCUT2D eigenvalue weighted by Crippen LogP contribution is -2.05. The maximum atomic E-state index is 10.3. The Kier molecular flexibility index (Phi) is 14.9. The molecule has 0 radical (unpaired) electrons. The quantitative estimate of drug-likeness (QED) is 0.327. The van der Waals surface area contributed by atoms with Crippen LogP contribution in [-0.2, 0) is 4.79 Å². The number of aliphatic hydroxyl groups excluding tert-OH is 1. The second-order valence-electron chi connectivity index (χ2n) is 5.94. The Morgan fingerprint density at radius 3 is 2.00 bits per heavy atom. The van der Waals surface area contributed by atoms with Gasteiger partial charge in [0, 0.05) is 6.08 Å². The van der Waals surface area contributed by atoms with E-state index in [2.05, 4.69) is 6.92 Å². The molecule has 3 nitrogen and oxygen atoms in total. The highest BCUT2D eigenvalue weighted by atomic mass is 16.4. The third-order valence-corrected chi connectivity index (χ3v) is 3.81. The summed E-state index contributed by atoms with van der Waals surface area (Å²) in [6.07, 6.45) is 17.6. The molecule has 0 spiro atoms. The van der Waals surface area contributed by atoms with Crippen molar-refractivity contribution in [1.29, 1.82) is 0 Å². The van der Waals surface area contributed by atoms with E-state index in [0.717, 1.165) is 51.4 Å². The smallest absolute Gasteiger partial charge is 0.327 e. The van der Waals surface area contributed by atoms with E-state index < -0.39 is 5.97 Å². The highest BCUT2D eigenvalue weighted by Crippen LogP contribution is 2.13. The van der Waals surface area contributed by atoms with Crippen LogP contribution < -0.4 is 0 Å². The van der Waals surface area contributed by atoms with Crippen molar-refractivity contribution in [3.63, 3.8) is 0 Å². The van der Waals surface area contributed by atoms with E-state index in [-0.39, 0.29) is 6.10 Å². The van der Waals surface area contributed by atoms with Crippen LogP contribution in [0.4, 0.5) is 0 Å². The standard InChI is InChI=1S/C18H34O3/c1-2-3-4-5-8-11-14-17(19)15-12-9-6-7-10-13-16-18(20)21/h13,16-17,19H,2-12,14-15H2,1H3,(H,20,21). The molecular formula is C18H34O3. The molecule has 0 rings (SSSR count). The van der Waals surface area contributed by atoms with Crippen molar-refractivity contribution in [2.24, 2.45) is 0 Å². The fourth-order valence-electron chi connectivity index (χ4n) is 2.48. The molecule has 0 heterocycles. The molecule has 0 saturated heterocycles. The van der Waals surface area contributed by atoms with Crippen LogP contribution in [0.25, 0.3) is 0 Å². The average Bonchev–Trinajstić information content (AvgIpc) is 2.45. The van der Waals surface area contributed by atoms with Gasteiger partial charge in [-0.15, -0.1) is 0 Å². The van der Waals surface area contributed by atoms with Gasteiger partial charge in [0.15, 0.2) is 0 Å². The Morgan fingerprint density at radius 2 is 1.43 bits per heavy atom. The van der Waals surface area contributed by atoms with Crippen LogP contribution >= 0.6 is 0 Å². The third-order valence-electron chi connectivity index (χ3n) is 3.81. The monoisotopic (exact) mass is 298 g/mol.